The second-order valence-corrected chi connectivity index (χ2v) is 6.09. The van der Waals surface area contributed by atoms with E-state index in [4.69, 9.17) is 23.1 Å². The monoisotopic (exact) mass is 368 g/mol. The van der Waals surface area contributed by atoms with Gasteiger partial charge in [0.05, 0.1) is 5.71 Å². The molecule has 0 saturated heterocycles. The molecule has 7 nitrogen and oxygen atoms in total. The summed E-state index contributed by atoms with van der Waals surface area (Å²) in [5.41, 5.74) is 13.9. The minimum absolute atomic E-state index is 0.104. The molecule has 0 aliphatic rings. The van der Waals surface area contributed by atoms with E-state index in [1.165, 1.54) is 0 Å². The van der Waals surface area contributed by atoms with Gasteiger partial charge in [0.2, 0.25) is 5.96 Å². The Kier molecular flexibility index (Phi) is 4.90. The highest BCUT2D eigenvalue weighted by molar-refractivity contribution is 6.31. The van der Waals surface area contributed by atoms with Crippen LogP contribution < -0.4 is 16.8 Å². The molecule has 26 heavy (non-hydrogen) atoms. The highest BCUT2D eigenvalue weighted by Gasteiger charge is 2.10. The van der Waals surface area contributed by atoms with Crippen molar-refractivity contribution >= 4 is 45.8 Å². The Bertz CT molecular complexity index is 1020. The zero-order valence-electron chi connectivity index (χ0n) is 14.0. The highest BCUT2D eigenvalue weighted by atomic mass is 35.5. The quantitative estimate of drug-likeness (QED) is 0.321. The van der Waals surface area contributed by atoms with Crippen LogP contribution in [0.1, 0.15) is 23.0 Å². The molecule has 132 valence electrons. The first-order valence-electron chi connectivity index (χ1n) is 7.75. The number of aromatic nitrogens is 1. The molecular weight excluding hydrogens is 352 g/mol. The fraction of sp³-hybridized carbons (Fsp3) is 0.0556. The minimum atomic E-state index is -0.240. The summed E-state index contributed by atoms with van der Waals surface area (Å²) in [7, 11) is 0. The van der Waals surface area contributed by atoms with Gasteiger partial charge in [0.25, 0.3) is 5.91 Å². The fourth-order valence-electron chi connectivity index (χ4n) is 2.41. The van der Waals surface area contributed by atoms with Gasteiger partial charge in [0.15, 0.2) is 0 Å². The molecule has 0 aliphatic heterocycles. The molecule has 0 unspecified atom stereocenters. The molecule has 0 saturated carbocycles. The molecule has 0 atom stereocenters. The van der Waals surface area contributed by atoms with Crippen LogP contribution in [0.2, 0.25) is 5.02 Å². The first-order valence-corrected chi connectivity index (χ1v) is 8.13. The number of nitrogens with two attached hydrogens (primary N) is 2. The molecule has 1 amide bonds. The van der Waals surface area contributed by atoms with Gasteiger partial charge in [-0.05, 0) is 42.8 Å². The summed E-state index contributed by atoms with van der Waals surface area (Å²) in [6, 6.07) is 14.4. The van der Waals surface area contributed by atoms with Gasteiger partial charge in [0.1, 0.15) is 5.69 Å². The Balaban J connectivity index is 1.74. The number of H-pyrrole nitrogens is 1. The van der Waals surface area contributed by atoms with Crippen LogP contribution in [0.25, 0.3) is 10.9 Å². The largest absolute Gasteiger partial charge is 0.369 e. The van der Waals surface area contributed by atoms with Gasteiger partial charge in [-0.1, -0.05) is 29.8 Å². The average Bonchev–Trinajstić information content (AvgIpc) is 3.03. The van der Waals surface area contributed by atoms with E-state index in [1.54, 1.807) is 37.3 Å². The van der Waals surface area contributed by atoms with Gasteiger partial charge in [-0.15, -0.1) is 5.10 Å². The van der Waals surface area contributed by atoms with Crippen LogP contribution in [0.5, 0.6) is 0 Å². The van der Waals surface area contributed by atoms with Gasteiger partial charge >= 0.3 is 0 Å². The van der Waals surface area contributed by atoms with Crippen LogP contribution in [0.4, 0.5) is 5.69 Å². The average molecular weight is 369 g/mol. The summed E-state index contributed by atoms with van der Waals surface area (Å²) >= 11 is 5.97. The smallest absolute Gasteiger partial charge is 0.272 e. The van der Waals surface area contributed by atoms with E-state index >= 15 is 0 Å². The number of benzene rings is 2. The van der Waals surface area contributed by atoms with Crippen LogP contribution in [0, 0.1) is 0 Å². The van der Waals surface area contributed by atoms with Gasteiger partial charge in [-0.3, -0.25) is 4.79 Å². The van der Waals surface area contributed by atoms with Crippen molar-refractivity contribution < 1.29 is 4.79 Å². The predicted octanol–water partition coefficient (Wildman–Crippen LogP) is 3.07. The summed E-state index contributed by atoms with van der Waals surface area (Å²) in [5, 5.41) is 11.9. The van der Waals surface area contributed by atoms with Crippen molar-refractivity contribution in [1.82, 2.24) is 4.98 Å². The molecule has 2 aromatic carbocycles. The third kappa shape index (κ3) is 4.01. The normalized spacial score (nSPS) is 11.4. The molecule has 8 heteroatoms. The van der Waals surface area contributed by atoms with Gasteiger partial charge < -0.3 is 21.8 Å². The standard InChI is InChI=1S/C18H17ClN6O/c1-10(24-25-18(20)21)11-3-6-14(7-4-11)22-17(26)16-8-12-2-5-13(19)9-15(12)23-16/h2-9,23H,1H3,(H,22,26)(H4,20,21,25). The van der Waals surface area contributed by atoms with Crippen molar-refractivity contribution in [1.29, 1.82) is 0 Å². The molecule has 3 rings (SSSR count). The van der Waals surface area contributed by atoms with Crippen LogP contribution >= 0.6 is 11.6 Å². The highest BCUT2D eigenvalue weighted by Crippen LogP contribution is 2.20. The van der Waals surface area contributed by atoms with Crippen LogP contribution in [0.15, 0.2) is 58.7 Å². The number of nitrogens with one attached hydrogen (secondary N) is 2. The number of carbonyl (C=O) groups excluding carboxylic acids is 1. The third-order valence-corrected chi connectivity index (χ3v) is 3.94. The van der Waals surface area contributed by atoms with E-state index in [1.807, 2.05) is 18.2 Å². The number of fused-ring (bicyclic) bond motifs is 1. The molecule has 0 fully saturated rings. The van der Waals surface area contributed by atoms with E-state index in [9.17, 15) is 4.79 Å². The lowest BCUT2D eigenvalue weighted by atomic mass is 10.1. The summed E-state index contributed by atoms with van der Waals surface area (Å²) in [5.74, 6) is -0.344. The lowest BCUT2D eigenvalue weighted by molar-refractivity contribution is 0.102. The second-order valence-electron chi connectivity index (χ2n) is 5.66. The molecule has 0 bridgehead atoms. The SMILES string of the molecule is CC(=NN=C(N)N)c1ccc(NC(=O)c2cc3ccc(Cl)cc3[nH]2)cc1. The summed E-state index contributed by atoms with van der Waals surface area (Å²) in [6.45, 7) is 1.79. The maximum absolute atomic E-state index is 12.4. The first-order chi connectivity index (χ1) is 12.4. The summed E-state index contributed by atoms with van der Waals surface area (Å²) < 4.78 is 0. The number of amides is 1. The maximum Gasteiger partial charge on any atom is 0.272 e. The zero-order chi connectivity index (χ0) is 18.7. The molecule has 0 spiro atoms. The fourth-order valence-corrected chi connectivity index (χ4v) is 2.58. The number of aromatic amines is 1. The molecule has 0 aliphatic carbocycles. The van der Waals surface area contributed by atoms with E-state index in [2.05, 4.69) is 20.5 Å². The van der Waals surface area contributed by atoms with Crippen LogP contribution in [-0.4, -0.2) is 22.6 Å². The molecule has 1 heterocycles. The Morgan fingerprint density at radius 2 is 1.81 bits per heavy atom. The van der Waals surface area contributed by atoms with E-state index in [0.29, 0.717) is 22.1 Å². The summed E-state index contributed by atoms with van der Waals surface area (Å²) in [4.78, 5) is 15.5. The Morgan fingerprint density at radius 3 is 2.50 bits per heavy atom. The minimum Gasteiger partial charge on any atom is -0.369 e. The topological polar surface area (TPSA) is 122 Å². The van der Waals surface area contributed by atoms with Crippen molar-refractivity contribution in [2.24, 2.45) is 21.7 Å². The number of carbonyl (C=O) groups is 1. The van der Waals surface area contributed by atoms with Crippen LogP contribution in [0.3, 0.4) is 0 Å². The number of halogens is 1. The lowest BCUT2D eigenvalue weighted by Gasteiger charge is -2.05. The van der Waals surface area contributed by atoms with Crippen molar-refractivity contribution in [2.45, 2.75) is 6.92 Å². The Labute approximate surface area is 154 Å². The lowest BCUT2D eigenvalue weighted by Crippen LogP contribution is -2.22. The number of nitrogens with zero attached hydrogens (tertiary/aromatic N) is 2. The molecule has 0 radical (unpaired) electrons. The molecular formula is C18H17ClN6O. The molecule has 6 N–H and O–H groups in total. The van der Waals surface area contributed by atoms with E-state index < -0.39 is 0 Å². The number of hydrogen-bond donors (Lipinski definition) is 4. The third-order valence-electron chi connectivity index (χ3n) is 3.71. The van der Waals surface area contributed by atoms with Crippen LogP contribution in [-0.2, 0) is 0 Å². The van der Waals surface area contributed by atoms with Gasteiger partial charge in [-0.25, -0.2) is 0 Å². The maximum atomic E-state index is 12.4. The van der Waals surface area contributed by atoms with Gasteiger partial charge in [0, 0.05) is 21.6 Å². The molecule has 1 aromatic heterocycles. The zero-order valence-corrected chi connectivity index (χ0v) is 14.7. The Hall–Kier alpha value is -3.32. The number of guanidine groups is 1. The molecule has 3 aromatic rings. The summed E-state index contributed by atoms with van der Waals surface area (Å²) in [6.07, 6.45) is 0. The van der Waals surface area contributed by atoms with Gasteiger partial charge in [-0.2, -0.15) is 5.10 Å². The van der Waals surface area contributed by atoms with Crippen molar-refractivity contribution in [3.8, 4) is 0 Å². The second kappa shape index (κ2) is 7.28. The van der Waals surface area contributed by atoms with Crippen molar-refractivity contribution in [2.75, 3.05) is 5.32 Å². The predicted molar refractivity (Wildman–Crippen MR) is 106 cm³/mol. The number of rotatable bonds is 4. The Morgan fingerprint density at radius 1 is 1.08 bits per heavy atom. The number of anilines is 1. The van der Waals surface area contributed by atoms with Crippen molar-refractivity contribution in [3.05, 3.63) is 64.8 Å². The van der Waals surface area contributed by atoms with E-state index in [0.717, 1.165) is 16.5 Å². The number of hydrogen-bond acceptors (Lipinski definition) is 3. The van der Waals surface area contributed by atoms with Crippen molar-refractivity contribution in [3.63, 3.8) is 0 Å². The van der Waals surface area contributed by atoms with E-state index in [-0.39, 0.29) is 11.9 Å². The first kappa shape index (κ1) is 17.5.